The minimum Gasteiger partial charge on any atom is -0.352 e. The fourth-order valence-electron chi connectivity index (χ4n) is 4.42. The summed E-state index contributed by atoms with van der Waals surface area (Å²) in [7, 11) is -3.72. The number of hydrogen-bond acceptors (Lipinski definition) is 4. The zero-order chi connectivity index (χ0) is 30.0. The van der Waals surface area contributed by atoms with Gasteiger partial charge in [0.05, 0.1) is 11.9 Å². The quantitative estimate of drug-likeness (QED) is 0.286. The fourth-order valence-corrected chi connectivity index (χ4v) is 5.38. The first-order valence-corrected chi connectivity index (χ1v) is 15.4. The molecule has 0 aromatic heterocycles. The normalized spacial score (nSPS) is 12.8. The Hall–Kier alpha value is -3.79. The van der Waals surface area contributed by atoms with Crippen LogP contribution in [0.5, 0.6) is 0 Å². The molecule has 2 amide bonds. The van der Waals surface area contributed by atoms with Crippen LogP contribution in [0.15, 0.2) is 78.9 Å². The molecule has 0 bridgehead atoms. The van der Waals surface area contributed by atoms with E-state index in [1.54, 1.807) is 18.2 Å². The van der Waals surface area contributed by atoms with E-state index in [0.29, 0.717) is 6.42 Å². The molecule has 1 N–H and O–H groups in total. The molecule has 7 nitrogen and oxygen atoms in total. The first-order chi connectivity index (χ1) is 19.5. The van der Waals surface area contributed by atoms with Crippen LogP contribution in [0.1, 0.15) is 44.2 Å². The molecule has 0 radical (unpaired) electrons. The van der Waals surface area contributed by atoms with Gasteiger partial charge in [-0.05, 0) is 55.7 Å². The molecule has 3 rings (SSSR count). The van der Waals surface area contributed by atoms with Gasteiger partial charge in [0.1, 0.15) is 17.7 Å². The maximum atomic E-state index is 14.7. The van der Waals surface area contributed by atoms with E-state index < -0.39 is 33.6 Å². The van der Waals surface area contributed by atoms with E-state index in [4.69, 9.17) is 0 Å². The van der Waals surface area contributed by atoms with Crippen molar-refractivity contribution in [2.24, 2.45) is 0 Å². The second-order valence-corrected chi connectivity index (χ2v) is 12.0. The van der Waals surface area contributed by atoms with Crippen LogP contribution in [0.3, 0.4) is 0 Å². The minimum atomic E-state index is -3.72. The van der Waals surface area contributed by atoms with Crippen molar-refractivity contribution in [3.8, 4) is 0 Å². The van der Waals surface area contributed by atoms with E-state index in [9.17, 15) is 26.8 Å². The molecular formula is C31H37F2N3O4S. The second kappa shape index (κ2) is 14.7. The van der Waals surface area contributed by atoms with Crippen LogP contribution in [0.4, 0.5) is 14.5 Å². The Morgan fingerprint density at radius 2 is 1.56 bits per heavy atom. The number of carbonyl (C=O) groups is 2. The predicted molar refractivity (Wildman–Crippen MR) is 157 cm³/mol. The number of nitrogens with one attached hydrogen (secondary N) is 1. The van der Waals surface area contributed by atoms with Gasteiger partial charge in [0.15, 0.2) is 0 Å². The van der Waals surface area contributed by atoms with Gasteiger partial charge in [-0.1, -0.05) is 55.5 Å². The van der Waals surface area contributed by atoms with Crippen molar-refractivity contribution < 1.29 is 26.8 Å². The lowest BCUT2D eigenvalue weighted by Crippen LogP contribution is -2.52. The minimum absolute atomic E-state index is 0.0356. The van der Waals surface area contributed by atoms with E-state index in [1.165, 1.54) is 35.2 Å². The molecule has 0 saturated carbocycles. The van der Waals surface area contributed by atoms with Crippen LogP contribution in [0.2, 0.25) is 0 Å². The SMILES string of the molecule is CC[C@@H](C)NC(=O)[C@@H](Cc1ccccc1)N(Cc1ccccc1F)C(=O)CCCN(c1ccc(F)cc1)S(C)(=O)=O. The standard InChI is InChI=1S/C31H37F2N3O4S/c1-4-23(2)34-31(38)29(21-24-11-6-5-7-12-24)35(22-25-13-8-9-14-28(25)33)30(37)15-10-20-36(41(3,39)40)27-18-16-26(32)17-19-27/h5-9,11-14,16-19,23,29H,4,10,15,20-22H2,1-3H3,(H,34,38)/t23-,29-/m1/s1. The molecule has 2 atom stereocenters. The Kier molecular flexibility index (Phi) is 11.4. The zero-order valence-electron chi connectivity index (χ0n) is 23.6. The topological polar surface area (TPSA) is 86.8 Å². The molecule has 0 aliphatic heterocycles. The van der Waals surface area contributed by atoms with Crippen LogP contribution >= 0.6 is 0 Å². The highest BCUT2D eigenvalue weighted by Crippen LogP contribution is 2.21. The van der Waals surface area contributed by atoms with Crippen LogP contribution in [-0.4, -0.2) is 50.0 Å². The molecule has 0 spiro atoms. The molecule has 0 saturated heterocycles. The van der Waals surface area contributed by atoms with Gasteiger partial charge < -0.3 is 10.2 Å². The van der Waals surface area contributed by atoms with Crippen molar-refractivity contribution >= 4 is 27.5 Å². The molecule has 220 valence electrons. The Bertz CT molecular complexity index is 1400. The van der Waals surface area contributed by atoms with Crippen molar-refractivity contribution in [1.29, 1.82) is 0 Å². The summed E-state index contributed by atoms with van der Waals surface area (Å²) in [4.78, 5) is 28.7. The molecule has 0 fully saturated rings. The maximum Gasteiger partial charge on any atom is 0.243 e. The summed E-state index contributed by atoms with van der Waals surface area (Å²) >= 11 is 0. The number of anilines is 1. The molecular weight excluding hydrogens is 548 g/mol. The lowest BCUT2D eigenvalue weighted by atomic mass is 10.0. The summed E-state index contributed by atoms with van der Waals surface area (Å²) in [6, 6.07) is 19.3. The second-order valence-electron chi connectivity index (χ2n) is 10.1. The number of hydrogen-bond donors (Lipinski definition) is 1. The highest BCUT2D eigenvalue weighted by Gasteiger charge is 2.31. The third-order valence-corrected chi connectivity index (χ3v) is 8.03. The largest absolute Gasteiger partial charge is 0.352 e. The van der Waals surface area contributed by atoms with E-state index >= 15 is 0 Å². The summed E-state index contributed by atoms with van der Waals surface area (Å²) < 4.78 is 54.2. The summed E-state index contributed by atoms with van der Waals surface area (Å²) in [5.41, 5.74) is 1.38. The molecule has 3 aromatic rings. The summed E-state index contributed by atoms with van der Waals surface area (Å²) in [5.74, 6) is -1.76. The summed E-state index contributed by atoms with van der Waals surface area (Å²) in [5, 5.41) is 2.96. The van der Waals surface area contributed by atoms with E-state index in [0.717, 1.165) is 16.1 Å². The van der Waals surface area contributed by atoms with Gasteiger partial charge in [-0.25, -0.2) is 17.2 Å². The van der Waals surface area contributed by atoms with Crippen LogP contribution in [-0.2, 0) is 32.6 Å². The van der Waals surface area contributed by atoms with Gasteiger partial charge >= 0.3 is 0 Å². The average Bonchev–Trinajstić information content (AvgIpc) is 2.94. The summed E-state index contributed by atoms with van der Waals surface area (Å²) in [6.45, 7) is 3.64. The van der Waals surface area contributed by atoms with Crippen molar-refractivity contribution in [1.82, 2.24) is 10.2 Å². The van der Waals surface area contributed by atoms with Gasteiger partial charge in [-0.3, -0.25) is 13.9 Å². The number of benzene rings is 3. The van der Waals surface area contributed by atoms with Crippen molar-refractivity contribution in [2.75, 3.05) is 17.1 Å². The van der Waals surface area contributed by atoms with Crippen molar-refractivity contribution in [2.45, 2.75) is 58.2 Å². The fraction of sp³-hybridized carbons (Fsp3) is 0.355. The summed E-state index contributed by atoms with van der Waals surface area (Å²) in [6.07, 6.45) is 1.98. The third-order valence-electron chi connectivity index (χ3n) is 6.84. The lowest BCUT2D eigenvalue weighted by molar-refractivity contribution is -0.141. The average molecular weight is 586 g/mol. The third kappa shape index (κ3) is 9.38. The van der Waals surface area contributed by atoms with Crippen LogP contribution in [0, 0.1) is 11.6 Å². The van der Waals surface area contributed by atoms with Crippen LogP contribution < -0.4 is 9.62 Å². The van der Waals surface area contributed by atoms with E-state index in [-0.39, 0.29) is 55.6 Å². The Balaban J connectivity index is 1.89. The van der Waals surface area contributed by atoms with E-state index in [2.05, 4.69) is 5.32 Å². The van der Waals surface area contributed by atoms with Gasteiger partial charge in [0, 0.05) is 37.5 Å². The molecule has 10 heteroatoms. The highest BCUT2D eigenvalue weighted by molar-refractivity contribution is 7.92. The first-order valence-electron chi connectivity index (χ1n) is 13.6. The number of sulfonamides is 1. The van der Waals surface area contributed by atoms with Gasteiger partial charge in [-0.2, -0.15) is 0 Å². The molecule has 41 heavy (non-hydrogen) atoms. The van der Waals surface area contributed by atoms with E-state index in [1.807, 2.05) is 44.2 Å². The lowest BCUT2D eigenvalue weighted by Gasteiger charge is -2.32. The number of rotatable bonds is 14. The molecule has 0 unspecified atom stereocenters. The maximum absolute atomic E-state index is 14.7. The monoisotopic (exact) mass is 585 g/mol. The van der Waals surface area contributed by atoms with Gasteiger partial charge in [0.25, 0.3) is 0 Å². The number of amides is 2. The van der Waals surface area contributed by atoms with Gasteiger partial charge in [0.2, 0.25) is 21.8 Å². The van der Waals surface area contributed by atoms with Crippen molar-refractivity contribution in [3.63, 3.8) is 0 Å². The first kappa shape index (κ1) is 31.7. The molecule has 0 aliphatic carbocycles. The number of halogens is 2. The highest BCUT2D eigenvalue weighted by atomic mass is 32.2. The van der Waals surface area contributed by atoms with Gasteiger partial charge in [-0.15, -0.1) is 0 Å². The number of nitrogens with zero attached hydrogens (tertiary/aromatic N) is 2. The Morgan fingerprint density at radius 3 is 2.17 bits per heavy atom. The number of carbonyl (C=O) groups excluding carboxylic acids is 2. The molecule has 0 aliphatic rings. The molecule has 0 heterocycles. The zero-order valence-corrected chi connectivity index (χ0v) is 24.4. The molecule has 3 aromatic carbocycles. The Labute approximate surface area is 241 Å². The Morgan fingerprint density at radius 1 is 0.927 bits per heavy atom. The predicted octanol–water partition coefficient (Wildman–Crippen LogP) is 5.07. The van der Waals surface area contributed by atoms with Crippen LogP contribution in [0.25, 0.3) is 0 Å². The smallest absolute Gasteiger partial charge is 0.243 e. The van der Waals surface area contributed by atoms with Crippen molar-refractivity contribution in [3.05, 3.63) is 102 Å².